The number of aliphatic hydroxyl groups excluding tert-OH is 1. The molecule has 1 aromatic heterocycles. The zero-order chi connectivity index (χ0) is 17.6. The number of hydrogen-bond donors (Lipinski definition) is 2. The largest absolute Gasteiger partial charge is 0.460 e. The van der Waals surface area contributed by atoms with Crippen LogP contribution < -0.4 is 5.32 Å². The number of carbonyl (C=O) groups is 1. The molecular formula is C20H26N2O3. The highest BCUT2D eigenvalue weighted by atomic mass is 16.3. The van der Waals surface area contributed by atoms with Crippen molar-refractivity contribution in [3.63, 3.8) is 0 Å². The van der Waals surface area contributed by atoms with Crippen molar-refractivity contribution in [3.05, 3.63) is 47.7 Å². The van der Waals surface area contributed by atoms with E-state index >= 15 is 0 Å². The molecule has 2 heterocycles. The first-order chi connectivity index (χ1) is 12.1. The van der Waals surface area contributed by atoms with Crippen LogP contribution in [0.3, 0.4) is 0 Å². The van der Waals surface area contributed by atoms with Crippen molar-refractivity contribution in [3.8, 4) is 11.3 Å². The minimum Gasteiger partial charge on any atom is -0.460 e. The first-order valence-electron chi connectivity index (χ1n) is 8.99. The smallest absolute Gasteiger partial charge is 0.222 e. The third kappa shape index (κ3) is 4.71. The van der Waals surface area contributed by atoms with E-state index in [0.717, 1.165) is 55.1 Å². The summed E-state index contributed by atoms with van der Waals surface area (Å²) in [6, 6.07) is 11.7. The maximum absolute atomic E-state index is 11.5. The third-order valence-corrected chi connectivity index (χ3v) is 4.59. The molecule has 0 radical (unpaired) electrons. The average Bonchev–Trinajstić information content (AvgIpc) is 3.24. The number of furan rings is 1. The number of hydrogen-bond acceptors (Lipinski definition) is 4. The van der Waals surface area contributed by atoms with Gasteiger partial charge in [-0.15, -0.1) is 0 Å². The van der Waals surface area contributed by atoms with Gasteiger partial charge in [-0.05, 0) is 44.0 Å². The predicted molar refractivity (Wildman–Crippen MR) is 96.9 cm³/mol. The second-order valence-corrected chi connectivity index (χ2v) is 6.58. The van der Waals surface area contributed by atoms with Crippen LogP contribution in [0.5, 0.6) is 0 Å². The molecule has 2 aromatic rings. The van der Waals surface area contributed by atoms with Crippen LogP contribution in [0.25, 0.3) is 11.3 Å². The lowest BCUT2D eigenvalue weighted by Gasteiger charge is -2.15. The fraction of sp³-hybridized carbons (Fsp3) is 0.450. The molecule has 0 saturated carbocycles. The quantitative estimate of drug-likeness (QED) is 0.724. The molecule has 3 rings (SSSR count). The van der Waals surface area contributed by atoms with E-state index in [0.29, 0.717) is 13.0 Å². The maximum atomic E-state index is 11.5. The van der Waals surface area contributed by atoms with E-state index in [4.69, 9.17) is 4.42 Å². The van der Waals surface area contributed by atoms with Gasteiger partial charge in [-0.1, -0.05) is 24.3 Å². The van der Waals surface area contributed by atoms with Crippen molar-refractivity contribution in [2.24, 2.45) is 0 Å². The van der Waals surface area contributed by atoms with Gasteiger partial charge in [0.25, 0.3) is 0 Å². The summed E-state index contributed by atoms with van der Waals surface area (Å²) in [5.41, 5.74) is 1.90. The Labute approximate surface area is 148 Å². The van der Waals surface area contributed by atoms with Crippen molar-refractivity contribution in [1.82, 2.24) is 10.2 Å². The molecule has 2 N–H and O–H groups in total. The van der Waals surface area contributed by atoms with E-state index in [1.807, 2.05) is 41.3 Å². The molecule has 5 nitrogen and oxygen atoms in total. The first-order valence-corrected chi connectivity index (χ1v) is 8.99. The molecule has 1 amide bonds. The number of aliphatic hydroxyl groups is 1. The summed E-state index contributed by atoms with van der Waals surface area (Å²) < 4.78 is 5.88. The van der Waals surface area contributed by atoms with Gasteiger partial charge in [0.05, 0.1) is 12.6 Å². The number of carbonyl (C=O) groups excluding carboxylic acids is 1. The molecule has 1 saturated heterocycles. The highest BCUT2D eigenvalue weighted by Gasteiger charge is 2.18. The van der Waals surface area contributed by atoms with Gasteiger partial charge in [0.1, 0.15) is 11.5 Å². The minimum absolute atomic E-state index is 0.289. The Kier molecular flexibility index (Phi) is 5.89. The molecule has 134 valence electrons. The number of rotatable bonds is 8. The third-order valence-electron chi connectivity index (χ3n) is 4.59. The predicted octanol–water partition coefficient (Wildman–Crippen LogP) is 3.10. The van der Waals surface area contributed by atoms with Crippen molar-refractivity contribution in [2.45, 2.75) is 38.8 Å². The zero-order valence-electron chi connectivity index (χ0n) is 14.7. The number of nitrogens with zero attached hydrogens (tertiary/aromatic N) is 1. The molecule has 1 unspecified atom stereocenters. The van der Waals surface area contributed by atoms with Gasteiger partial charge >= 0.3 is 0 Å². The summed E-state index contributed by atoms with van der Waals surface area (Å²) in [7, 11) is 0. The summed E-state index contributed by atoms with van der Waals surface area (Å²) in [6.45, 7) is 5.05. The Bertz CT molecular complexity index is 691. The number of likely N-dealkylation sites (tertiary alicyclic amines) is 1. The molecule has 25 heavy (non-hydrogen) atoms. The highest BCUT2D eigenvalue weighted by Crippen LogP contribution is 2.24. The molecule has 1 aromatic carbocycles. The minimum atomic E-state index is -0.457. The van der Waals surface area contributed by atoms with Crippen LogP contribution in [0.4, 0.5) is 0 Å². The number of amides is 1. The van der Waals surface area contributed by atoms with E-state index in [1.54, 1.807) is 6.92 Å². The van der Waals surface area contributed by atoms with Crippen LogP contribution in [0, 0.1) is 0 Å². The van der Waals surface area contributed by atoms with Crippen LogP contribution >= 0.6 is 0 Å². The van der Waals surface area contributed by atoms with Crippen molar-refractivity contribution >= 4 is 5.91 Å². The highest BCUT2D eigenvalue weighted by molar-refractivity contribution is 5.77. The molecule has 0 spiro atoms. The Morgan fingerprint density at radius 3 is 2.72 bits per heavy atom. The summed E-state index contributed by atoms with van der Waals surface area (Å²) >= 11 is 0. The second-order valence-electron chi connectivity index (χ2n) is 6.58. The van der Waals surface area contributed by atoms with Gasteiger partial charge in [-0.3, -0.25) is 4.79 Å². The summed E-state index contributed by atoms with van der Waals surface area (Å²) in [5.74, 6) is 2.01. The standard InChI is InChI=1S/C20H26N2O3/c1-15(23)16-5-7-17(8-6-16)19-10-9-18(25-19)14-21-11-3-13-22-12-2-4-20(22)24/h5-10,15,21,23H,2-4,11-14H2,1H3. The van der Waals surface area contributed by atoms with Crippen LogP contribution in [0.15, 0.2) is 40.8 Å². The lowest BCUT2D eigenvalue weighted by atomic mass is 10.1. The SMILES string of the molecule is CC(O)c1ccc(-c2ccc(CNCCCN3CCCC3=O)o2)cc1. The van der Waals surface area contributed by atoms with E-state index in [-0.39, 0.29) is 5.91 Å². The van der Waals surface area contributed by atoms with Gasteiger partial charge in [0.2, 0.25) is 5.91 Å². The summed E-state index contributed by atoms with van der Waals surface area (Å²) in [4.78, 5) is 13.5. The van der Waals surface area contributed by atoms with E-state index in [2.05, 4.69) is 5.32 Å². The summed E-state index contributed by atoms with van der Waals surface area (Å²) in [5, 5.41) is 12.9. The Morgan fingerprint density at radius 1 is 1.24 bits per heavy atom. The molecule has 1 aliphatic heterocycles. The van der Waals surface area contributed by atoms with Gasteiger partial charge in [-0.25, -0.2) is 0 Å². The topological polar surface area (TPSA) is 65.7 Å². The average molecular weight is 342 g/mol. The van der Waals surface area contributed by atoms with Gasteiger partial charge in [0.15, 0.2) is 0 Å². The Morgan fingerprint density at radius 2 is 2.04 bits per heavy atom. The van der Waals surface area contributed by atoms with Crippen LogP contribution in [-0.2, 0) is 11.3 Å². The van der Waals surface area contributed by atoms with Crippen LogP contribution in [0.2, 0.25) is 0 Å². The van der Waals surface area contributed by atoms with E-state index in [9.17, 15) is 9.90 Å². The zero-order valence-corrected chi connectivity index (χ0v) is 14.7. The van der Waals surface area contributed by atoms with Gasteiger partial charge < -0.3 is 19.7 Å². The Hall–Kier alpha value is -2.11. The number of benzene rings is 1. The molecular weight excluding hydrogens is 316 g/mol. The lowest BCUT2D eigenvalue weighted by molar-refractivity contribution is -0.127. The van der Waals surface area contributed by atoms with Gasteiger partial charge in [0, 0.05) is 25.1 Å². The first kappa shape index (κ1) is 17.7. The fourth-order valence-corrected chi connectivity index (χ4v) is 3.10. The number of nitrogens with one attached hydrogen (secondary N) is 1. The van der Waals surface area contributed by atoms with E-state index in [1.165, 1.54) is 0 Å². The molecule has 1 atom stereocenters. The van der Waals surface area contributed by atoms with Gasteiger partial charge in [-0.2, -0.15) is 0 Å². The summed E-state index contributed by atoms with van der Waals surface area (Å²) in [6.07, 6.45) is 2.21. The fourth-order valence-electron chi connectivity index (χ4n) is 3.10. The maximum Gasteiger partial charge on any atom is 0.222 e. The second kappa shape index (κ2) is 8.32. The molecule has 0 bridgehead atoms. The van der Waals surface area contributed by atoms with Crippen molar-refractivity contribution in [2.75, 3.05) is 19.6 Å². The van der Waals surface area contributed by atoms with Crippen molar-refractivity contribution in [1.29, 1.82) is 0 Å². The van der Waals surface area contributed by atoms with Crippen molar-refractivity contribution < 1.29 is 14.3 Å². The van der Waals surface area contributed by atoms with Crippen LogP contribution in [-0.4, -0.2) is 35.5 Å². The molecule has 0 aliphatic carbocycles. The monoisotopic (exact) mass is 342 g/mol. The molecule has 5 heteroatoms. The van der Waals surface area contributed by atoms with Crippen LogP contribution in [0.1, 0.15) is 43.6 Å². The molecule has 1 aliphatic rings. The Balaban J connectivity index is 1.43. The molecule has 1 fully saturated rings. The normalized spacial score (nSPS) is 15.8. The lowest BCUT2D eigenvalue weighted by Crippen LogP contribution is -2.28. The van der Waals surface area contributed by atoms with E-state index < -0.39 is 6.10 Å².